The van der Waals surface area contributed by atoms with Gasteiger partial charge in [0.15, 0.2) is 4.77 Å². The normalized spacial score (nSPS) is 11.3. The van der Waals surface area contributed by atoms with Crippen LogP contribution in [-0.4, -0.2) is 30.2 Å². The fourth-order valence-electron chi connectivity index (χ4n) is 1.76. The maximum absolute atomic E-state index is 12.3. The molecule has 2 aromatic rings. The molecular weight excluding hydrogens is 270 g/mol. The third-order valence-electron chi connectivity index (χ3n) is 2.78. The SMILES string of the molecule is C[NH+](C)CCn1c(=S)[nH]c2ccc(Cl)cc2c1=O. The molecule has 1 aromatic heterocycles. The Bertz CT molecular complexity index is 690. The van der Waals surface area contributed by atoms with Crippen molar-refractivity contribution in [3.63, 3.8) is 0 Å². The van der Waals surface area contributed by atoms with Gasteiger partial charge >= 0.3 is 0 Å². The zero-order valence-corrected chi connectivity index (χ0v) is 11.9. The molecule has 0 saturated heterocycles. The maximum Gasteiger partial charge on any atom is 0.262 e. The second kappa shape index (κ2) is 5.22. The molecule has 0 spiro atoms. The third kappa shape index (κ3) is 2.63. The topological polar surface area (TPSA) is 42.2 Å². The van der Waals surface area contributed by atoms with Crippen molar-refractivity contribution in [3.8, 4) is 0 Å². The van der Waals surface area contributed by atoms with E-state index in [0.29, 0.717) is 21.7 Å². The molecule has 1 heterocycles. The summed E-state index contributed by atoms with van der Waals surface area (Å²) in [7, 11) is 4.07. The Labute approximate surface area is 115 Å². The Kier molecular flexibility index (Phi) is 3.85. The number of nitrogens with zero attached hydrogens (tertiary/aromatic N) is 1. The van der Waals surface area contributed by atoms with Crippen LogP contribution >= 0.6 is 23.8 Å². The van der Waals surface area contributed by atoms with Crippen molar-refractivity contribution in [2.45, 2.75) is 6.54 Å². The summed E-state index contributed by atoms with van der Waals surface area (Å²) in [6, 6.07) is 5.18. The van der Waals surface area contributed by atoms with Crippen LogP contribution in [0.15, 0.2) is 23.0 Å². The van der Waals surface area contributed by atoms with Crippen LogP contribution in [0.2, 0.25) is 5.02 Å². The Hall–Kier alpha value is -1.17. The number of rotatable bonds is 3. The number of quaternary nitrogens is 1. The van der Waals surface area contributed by atoms with Gasteiger partial charge < -0.3 is 9.88 Å². The van der Waals surface area contributed by atoms with E-state index in [0.717, 1.165) is 12.1 Å². The molecule has 0 aliphatic carbocycles. The lowest BCUT2D eigenvalue weighted by molar-refractivity contribution is -0.858. The van der Waals surface area contributed by atoms with Gasteiger partial charge in [0.25, 0.3) is 5.56 Å². The largest absolute Gasteiger partial charge is 0.338 e. The summed E-state index contributed by atoms with van der Waals surface area (Å²) in [5.74, 6) is 0. The number of likely N-dealkylation sites (N-methyl/N-ethyl adjacent to an activating group) is 1. The van der Waals surface area contributed by atoms with Crippen molar-refractivity contribution in [1.29, 1.82) is 0 Å². The van der Waals surface area contributed by atoms with Gasteiger partial charge in [0.1, 0.15) is 0 Å². The van der Waals surface area contributed by atoms with Crippen molar-refractivity contribution in [2.75, 3.05) is 20.6 Å². The predicted molar refractivity (Wildman–Crippen MR) is 76.1 cm³/mol. The fraction of sp³-hybridized carbons (Fsp3) is 0.333. The van der Waals surface area contributed by atoms with E-state index >= 15 is 0 Å². The monoisotopic (exact) mass is 284 g/mol. The molecule has 96 valence electrons. The molecule has 0 atom stereocenters. The second-order valence-electron chi connectivity index (χ2n) is 4.53. The van der Waals surface area contributed by atoms with E-state index in [1.165, 1.54) is 4.90 Å². The van der Waals surface area contributed by atoms with Crippen LogP contribution in [0.5, 0.6) is 0 Å². The van der Waals surface area contributed by atoms with E-state index in [9.17, 15) is 4.79 Å². The van der Waals surface area contributed by atoms with Gasteiger partial charge in [-0.3, -0.25) is 9.36 Å². The molecule has 2 N–H and O–H groups in total. The molecule has 0 fully saturated rings. The molecule has 0 amide bonds. The van der Waals surface area contributed by atoms with Gasteiger partial charge in [0, 0.05) is 5.02 Å². The zero-order chi connectivity index (χ0) is 13.3. The van der Waals surface area contributed by atoms with Crippen molar-refractivity contribution >= 4 is 34.7 Å². The van der Waals surface area contributed by atoms with Crippen LogP contribution in [0.4, 0.5) is 0 Å². The van der Waals surface area contributed by atoms with Crippen molar-refractivity contribution in [2.24, 2.45) is 0 Å². The minimum atomic E-state index is -0.0856. The molecule has 0 unspecified atom stereocenters. The van der Waals surface area contributed by atoms with Gasteiger partial charge in [0.2, 0.25) is 0 Å². The standard InChI is InChI=1S/C12H14ClN3OS/c1-15(2)5-6-16-11(17)9-7-8(13)3-4-10(9)14-12(16)18/h3-4,7H,5-6H2,1-2H3,(H,14,18)/p+1. The van der Waals surface area contributed by atoms with Crippen LogP contribution in [0.25, 0.3) is 10.9 Å². The molecule has 6 heteroatoms. The third-order valence-corrected chi connectivity index (χ3v) is 3.34. The van der Waals surface area contributed by atoms with Crippen molar-refractivity contribution < 1.29 is 4.90 Å². The molecule has 0 aliphatic rings. The molecular formula is C12H15ClN3OS+. The number of hydrogen-bond acceptors (Lipinski definition) is 2. The first-order valence-electron chi connectivity index (χ1n) is 5.70. The summed E-state index contributed by atoms with van der Waals surface area (Å²) in [6.45, 7) is 1.43. The number of aromatic amines is 1. The number of H-pyrrole nitrogens is 1. The Balaban J connectivity index is 2.60. The minimum Gasteiger partial charge on any atom is -0.338 e. The molecule has 2 rings (SSSR count). The first kappa shape index (κ1) is 13.3. The number of fused-ring (bicyclic) bond motifs is 1. The van der Waals surface area contributed by atoms with E-state index in [-0.39, 0.29) is 5.56 Å². The van der Waals surface area contributed by atoms with E-state index in [2.05, 4.69) is 4.98 Å². The van der Waals surface area contributed by atoms with Crippen molar-refractivity contribution in [3.05, 3.63) is 38.3 Å². The van der Waals surface area contributed by atoms with Crippen LogP contribution in [-0.2, 0) is 6.54 Å². The number of hydrogen-bond donors (Lipinski definition) is 2. The molecule has 0 radical (unpaired) electrons. The fourth-order valence-corrected chi connectivity index (χ4v) is 2.22. The predicted octanol–water partition coefficient (Wildman–Crippen LogP) is 0.857. The van der Waals surface area contributed by atoms with Crippen LogP contribution in [0, 0.1) is 4.77 Å². The highest BCUT2D eigenvalue weighted by molar-refractivity contribution is 7.71. The smallest absolute Gasteiger partial charge is 0.262 e. The molecule has 1 aromatic carbocycles. The first-order chi connectivity index (χ1) is 8.49. The summed E-state index contributed by atoms with van der Waals surface area (Å²) in [5, 5.41) is 1.12. The van der Waals surface area contributed by atoms with Gasteiger partial charge in [-0.25, -0.2) is 0 Å². The molecule has 0 saturated carbocycles. The molecule has 4 nitrogen and oxygen atoms in total. The molecule has 0 bridgehead atoms. The minimum absolute atomic E-state index is 0.0856. The first-order valence-corrected chi connectivity index (χ1v) is 6.49. The highest BCUT2D eigenvalue weighted by Gasteiger charge is 2.07. The maximum atomic E-state index is 12.3. The van der Waals surface area contributed by atoms with Gasteiger partial charge in [0.05, 0.1) is 38.1 Å². The lowest BCUT2D eigenvalue weighted by Crippen LogP contribution is -3.06. The van der Waals surface area contributed by atoms with Gasteiger partial charge in [-0.1, -0.05) is 11.6 Å². The summed E-state index contributed by atoms with van der Waals surface area (Å²) in [5.41, 5.74) is 0.639. The van der Waals surface area contributed by atoms with E-state index in [1.807, 2.05) is 14.1 Å². The van der Waals surface area contributed by atoms with Crippen LogP contribution < -0.4 is 10.5 Å². The second-order valence-corrected chi connectivity index (χ2v) is 5.36. The highest BCUT2D eigenvalue weighted by Crippen LogP contribution is 2.14. The van der Waals surface area contributed by atoms with Crippen LogP contribution in [0.1, 0.15) is 0 Å². The van der Waals surface area contributed by atoms with E-state index in [4.69, 9.17) is 23.8 Å². The molecule has 0 aliphatic heterocycles. The Morgan fingerprint density at radius 1 is 1.44 bits per heavy atom. The summed E-state index contributed by atoms with van der Waals surface area (Å²) >= 11 is 11.1. The summed E-state index contributed by atoms with van der Waals surface area (Å²) in [6.07, 6.45) is 0. The average molecular weight is 285 g/mol. The van der Waals surface area contributed by atoms with Gasteiger partial charge in [-0.15, -0.1) is 0 Å². The number of benzene rings is 1. The highest BCUT2D eigenvalue weighted by atomic mass is 35.5. The number of aromatic nitrogens is 2. The van der Waals surface area contributed by atoms with E-state index < -0.39 is 0 Å². The van der Waals surface area contributed by atoms with Crippen molar-refractivity contribution in [1.82, 2.24) is 9.55 Å². The Morgan fingerprint density at radius 2 is 2.17 bits per heavy atom. The Morgan fingerprint density at radius 3 is 2.83 bits per heavy atom. The molecule has 18 heavy (non-hydrogen) atoms. The summed E-state index contributed by atoms with van der Waals surface area (Å²) < 4.78 is 2.04. The number of halogens is 1. The van der Waals surface area contributed by atoms with Gasteiger partial charge in [-0.05, 0) is 30.4 Å². The number of nitrogens with one attached hydrogen (secondary N) is 2. The van der Waals surface area contributed by atoms with E-state index in [1.54, 1.807) is 22.8 Å². The zero-order valence-electron chi connectivity index (χ0n) is 10.3. The quantitative estimate of drug-likeness (QED) is 0.821. The lowest BCUT2D eigenvalue weighted by atomic mass is 10.2. The lowest BCUT2D eigenvalue weighted by Gasteiger charge is -2.10. The average Bonchev–Trinajstić information content (AvgIpc) is 2.30. The van der Waals surface area contributed by atoms with Crippen LogP contribution in [0.3, 0.4) is 0 Å². The van der Waals surface area contributed by atoms with Gasteiger partial charge in [-0.2, -0.15) is 0 Å². The summed E-state index contributed by atoms with van der Waals surface area (Å²) in [4.78, 5) is 16.6.